The van der Waals surface area contributed by atoms with E-state index < -0.39 is 51.3 Å². The van der Waals surface area contributed by atoms with Gasteiger partial charge in [0.15, 0.2) is 0 Å². The molecular weight excluding hydrogens is 376 g/mol. The first-order valence-corrected chi connectivity index (χ1v) is 10.2. The van der Waals surface area contributed by atoms with E-state index in [0.29, 0.717) is 0 Å². The van der Waals surface area contributed by atoms with Crippen molar-refractivity contribution in [3.63, 3.8) is 0 Å². The normalized spacial score (nSPS) is 41.2. The minimum atomic E-state index is -1.28. The van der Waals surface area contributed by atoms with E-state index in [1.54, 1.807) is 27.7 Å². The Morgan fingerprint density at radius 2 is 1.55 bits per heavy atom. The summed E-state index contributed by atoms with van der Waals surface area (Å²) in [6, 6.07) is 0. The van der Waals surface area contributed by atoms with Gasteiger partial charge < -0.3 is 24.8 Å². The Balaban J connectivity index is 1.82. The molecule has 29 heavy (non-hydrogen) atoms. The molecule has 3 atom stereocenters. The third kappa shape index (κ3) is 3.84. The molecule has 4 aliphatic carbocycles. The van der Waals surface area contributed by atoms with Gasteiger partial charge in [0, 0.05) is 50.5 Å². The average molecular weight is 411 g/mol. The lowest BCUT2D eigenvalue weighted by Gasteiger charge is -2.68. The zero-order valence-electron chi connectivity index (χ0n) is 18.1. The fraction of sp³-hybridized carbons (Fsp3) is 0.818. The third-order valence-corrected chi connectivity index (χ3v) is 7.04. The van der Waals surface area contributed by atoms with Gasteiger partial charge in [0.2, 0.25) is 0 Å². The highest BCUT2D eigenvalue weighted by Crippen LogP contribution is 2.64. The van der Waals surface area contributed by atoms with Crippen LogP contribution in [0, 0.1) is 11.3 Å². The number of hydrogen-bond donors (Lipinski definition) is 3. The number of carbonyl (C=O) groups is 2. The van der Waals surface area contributed by atoms with Crippen LogP contribution in [-0.4, -0.2) is 55.3 Å². The number of ether oxygens (including phenoxy) is 2. The maximum absolute atomic E-state index is 13.2. The summed E-state index contributed by atoms with van der Waals surface area (Å²) in [4.78, 5) is 24.8. The molecule has 0 amide bonds. The van der Waals surface area contributed by atoms with Crippen molar-refractivity contribution in [1.29, 1.82) is 0 Å². The Labute approximate surface area is 172 Å². The molecular formula is C22H34O7. The van der Waals surface area contributed by atoms with E-state index in [4.69, 9.17) is 9.47 Å². The van der Waals surface area contributed by atoms with Crippen LogP contribution in [0.15, 0.2) is 12.7 Å². The van der Waals surface area contributed by atoms with E-state index >= 15 is 0 Å². The van der Waals surface area contributed by atoms with Crippen LogP contribution in [-0.2, 0) is 19.1 Å². The number of carbonyl (C=O) groups excluding carboxylic acids is 2. The standard InChI is InChI=1S/C22H34O7/c1-7-15(23)28-18(5,6)8-17(3,4)16(24)29-22-12-19(25)9-20(26,13-22)11-21(27,10-19)14(22)2/h7,14,25-27H,1,8-13H2,2-6H3. The summed E-state index contributed by atoms with van der Waals surface area (Å²) in [5.74, 6) is -1.49. The first kappa shape index (κ1) is 22.2. The highest BCUT2D eigenvalue weighted by atomic mass is 16.6. The summed E-state index contributed by atoms with van der Waals surface area (Å²) in [7, 11) is 0. The number of aliphatic hydroxyl groups is 3. The van der Waals surface area contributed by atoms with Crippen molar-refractivity contribution in [3.05, 3.63) is 12.7 Å². The van der Waals surface area contributed by atoms with Gasteiger partial charge in [-0.3, -0.25) is 4.79 Å². The molecule has 0 heterocycles. The predicted octanol–water partition coefficient (Wildman–Crippen LogP) is 2.01. The van der Waals surface area contributed by atoms with E-state index in [9.17, 15) is 24.9 Å². The Morgan fingerprint density at radius 3 is 2.03 bits per heavy atom. The molecule has 7 nitrogen and oxygen atoms in total. The molecule has 0 radical (unpaired) electrons. The van der Waals surface area contributed by atoms with Crippen molar-refractivity contribution >= 4 is 11.9 Å². The molecule has 0 aromatic heterocycles. The quantitative estimate of drug-likeness (QED) is 0.453. The largest absolute Gasteiger partial charge is 0.458 e. The zero-order valence-corrected chi connectivity index (χ0v) is 18.1. The van der Waals surface area contributed by atoms with Crippen molar-refractivity contribution in [1.82, 2.24) is 0 Å². The highest BCUT2D eigenvalue weighted by molar-refractivity contribution is 5.81. The summed E-state index contributed by atoms with van der Waals surface area (Å²) in [5.41, 5.74) is -6.84. The van der Waals surface area contributed by atoms with Gasteiger partial charge in [-0.2, -0.15) is 0 Å². The Hall–Kier alpha value is -1.44. The van der Waals surface area contributed by atoms with Gasteiger partial charge in [-0.1, -0.05) is 13.5 Å². The molecule has 7 heteroatoms. The Bertz CT molecular complexity index is 719. The molecule has 4 aliphatic rings. The topological polar surface area (TPSA) is 113 Å². The van der Waals surface area contributed by atoms with E-state index in [1.807, 2.05) is 6.92 Å². The minimum Gasteiger partial charge on any atom is -0.458 e. The molecule has 164 valence electrons. The lowest BCUT2D eigenvalue weighted by Crippen LogP contribution is -2.76. The van der Waals surface area contributed by atoms with Gasteiger partial charge >= 0.3 is 11.9 Å². The van der Waals surface area contributed by atoms with Crippen LogP contribution in [0.25, 0.3) is 0 Å². The molecule has 4 saturated carbocycles. The second-order valence-electron chi connectivity index (χ2n) is 11.1. The fourth-order valence-corrected chi connectivity index (χ4v) is 6.44. The van der Waals surface area contributed by atoms with Crippen LogP contribution in [0.4, 0.5) is 0 Å². The first-order valence-electron chi connectivity index (χ1n) is 10.2. The lowest BCUT2D eigenvalue weighted by molar-refractivity contribution is -0.327. The molecule has 3 N–H and O–H groups in total. The van der Waals surface area contributed by atoms with Gasteiger partial charge in [-0.15, -0.1) is 0 Å². The first-order chi connectivity index (χ1) is 13.0. The summed E-state index contributed by atoms with van der Waals surface area (Å²) in [6.45, 7) is 12.1. The van der Waals surface area contributed by atoms with Gasteiger partial charge in [-0.05, 0) is 27.7 Å². The summed E-state index contributed by atoms with van der Waals surface area (Å²) >= 11 is 0. The predicted molar refractivity (Wildman–Crippen MR) is 105 cm³/mol. The van der Waals surface area contributed by atoms with Crippen LogP contribution < -0.4 is 0 Å². The molecule has 4 bridgehead atoms. The molecule has 4 fully saturated rings. The van der Waals surface area contributed by atoms with Crippen molar-refractivity contribution < 1.29 is 34.4 Å². The van der Waals surface area contributed by atoms with E-state index in [2.05, 4.69) is 6.58 Å². The smallest absolute Gasteiger partial charge is 0.330 e. The maximum atomic E-state index is 13.2. The molecule has 4 rings (SSSR count). The lowest BCUT2D eigenvalue weighted by atomic mass is 9.45. The molecule has 0 aliphatic heterocycles. The molecule has 0 aromatic carbocycles. The van der Waals surface area contributed by atoms with E-state index in [1.165, 1.54) is 0 Å². The maximum Gasteiger partial charge on any atom is 0.330 e. The summed E-state index contributed by atoms with van der Waals surface area (Å²) in [6.07, 6.45) is 2.22. The van der Waals surface area contributed by atoms with Gasteiger partial charge in [0.1, 0.15) is 11.2 Å². The van der Waals surface area contributed by atoms with Crippen LogP contribution in [0.3, 0.4) is 0 Å². The third-order valence-electron chi connectivity index (χ3n) is 7.04. The number of hydrogen-bond acceptors (Lipinski definition) is 7. The second-order valence-corrected chi connectivity index (χ2v) is 11.1. The van der Waals surface area contributed by atoms with Crippen molar-refractivity contribution in [3.8, 4) is 0 Å². The summed E-state index contributed by atoms with van der Waals surface area (Å²) < 4.78 is 11.4. The molecule has 0 spiro atoms. The van der Waals surface area contributed by atoms with Crippen LogP contribution in [0.1, 0.15) is 73.1 Å². The molecule has 3 unspecified atom stereocenters. The van der Waals surface area contributed by atoms with Crippen LogP contribution >= 0.6 is 0 Å². The second kappa shape index (κ2) is 6.28. The van der Waals surface area contributed by atoms with Gasteiger partial charge in [0.25, 0.3) is 0 Å². The number of esters is 2. The van der Waals surface area contributed by atoms with Gasteiger partial charge in [0.05, 0.1) is 22.2 Å². The average Bonchev–Trinajstić information content (AvgIpc) is 2.47. The van der Waals surface area contributed by atoms with E-state index in [0.717, 1.165) is 6.08 Å². The molecule has 0 aromatic rings. The zero-order chi connectivity index (χ0) is 22.1. The molecule has 0 saturated heterocycles. The minimum absolute atomic E-state index is 0.177. The monoisotopic (exact) mass is 410 g/mol. The van der Waals surface area contributed by atoms with Crippen LogP contribution in [0.5, 0.6) is 0 Å². The Kier molecular flexibility index (Phi) is 4.82. The SMILES string of the molecule is C=CC(=O)OC(C)(C)CC(C)(C)C(=O)OC12CC3(O)CC(O)(CC(O)(C3)C1C)C2. The fourth-order valence-electron chi connectivity index (χ4n) is 6.44. The Morgan fingerprint density at radius 1 is 1.03 bits per heavy atom. The summed E-state index contributed by atoms with van der Waals surface area (Å²) in [5, 5.41) is 33.0. The van der Waals surface area contributed by atoms with Crippen molar-refractivity contribution in [2.75, 3.05) is 0 Å². The van der Waals surface area contributed by atoms with Crippen LogP contribution in [0.2, 0.25) is 0 Å². The highest BCUT2D eigenvalue weighted by Gasteiger charge is 2.73. The van der Waals surface area contributed by atoms with Gasteiger partial charge in [-0.25, -0.2) is 4.79 Å². The van der Waals surface area contributed by atoms with E-state index in [-0.39, 0.29) is 38.5 Å². The van der Waals surface area contributed by atoms with Crippen molar-refractivity contribution in [2.24, 2.45) is 11.3 Å². The van der Waals surface area contributed by atoms with Crippen molar-refractivity contribution in [2.45, 2.75) is 101 Å². The number of rotatable bonds is 6.